The molecule has 3 aromatic rings. The van der Waals surface area contributed by atoms with E-state index in [0.717, 1.165) is 43.6 Å². The van der Waals surface area contributed by atoms with E-state index in [0.29, 0.717) is 11.7 Å². The van der Waals surface area contributed by atoms with E-state index in [1.165, 1.54) is 22.9 Å². The summed E-state index contributed by atoms with van der Waals surface area (Å²) in [6.45, 7) is 2.06. The van der Waals surface area contributed by atoms with Gasteiger partial charge in [0.1, 0.15) is 24.3 Å². The Morgan fingerprint density at radius 1 is 1.10 bits per heavy atom. The molecule has 210 valence electrons. The Labute approximate surface area is 227 Å². The van der Waals surface area contributed by atoms with Crippen LogP contribution in [0.4, 0.5) is 24.7 Å². The lowest BCUT2D eigenvalue weighted by Gasteiger charge is -2.33. The molecule has 4 rings (SSSR count). The molecule has 0 amide bonds. The molecule has 1 unspecified atom stereocenters. The average Bonchev–Trinajstić information content (AvgIpc) is 3.28. The van der Waals surface area contributed by atoms with Crippen LogP contribution in [0.5, 0.6) is 11.5 Å². The molecule has 1 saturated heterocycles. The second-order valence-electron chi connectivity index (χ2n) is 9.39. The fourth-order valence-electron chi connectivity index (χ4n) is 4.50. The van der Waals surface area contributed by atoms with Crippen LogP contribution in [0.2, 0.25) is 5.28 Å². The second kappa shape index (κ2) is 12.6. The molecule has 2 aromatic carbocycles. The van der Waals surface area contributed by atoms with E-state index in [1.54, 1.807) is 12.1 Å². The number of halogens is 4. The van der Waals surface area contributed by atoms with Gasteiger partial charge in [-0.05, 0) is 95.1 Å². The van der Waals surface area contributed by atoms with Crippen LogP contribution in [0.1, 0.15) is 24.8 Å². The molecule has 1 N–H and O–H groups in total. The number of benzene rings is 2. The number of aliphatic hydroxyl groups is 1. The number of hydrogen-bond acceptors (Lipinski definition) is 7. The maximum absolute atomic E-state index is 12.3. The summed E-state index contributed by atoms with van der Waals surface area (Å²) in [5.74, 6) is 0.504. The number of aliphatic hydroxyl groups excluding tert-OH is 1. The van der Waals surface area contributed by atoms with E-state index in [1.807, 2.05) is 24.3 Å². The van der Waals surface area contributed by atoms with Crippen LogP contribution in [-0.4, -0.2) is 51.7 Å². The Morgan fingerprint density at radius 3 is 2.33 bits per heavy atom. The van der Waals surface area contributed by atoms with Gasteiger partial charge in [-0.1, -0.05) is 12.1 Å². The van der Waals surface area contributed by atoms with E-state index in [4.69, 9.17) is 16.3 Å². The quantitative estimate of drug-likeness (QED) is 0.236. The van der Waals surface area contributed by atoms with Crippen LogP contribution in [0.25, 0.3) is 0 Å². The minimum Gasteiger partial charge on any atom is -0.491 e. The molecule has 9 nitrogen and oxygen atoms in total. The molecular weight excluding hydrogens is 541 g/mol. The van der Waals surface area contributed by atoms with Gasteiger partial charge in [-0.15, -0.1) is 13.2 Å². The monoisotopic (exact) mass is 568 g/mol. The highest BCUT2D eigenvalue weighted by atomic mass is 35.5. The summed E-state index contributed by atoms with van der Waals surface area (Å²) in [6.07, 6.45) is -1.23. The van der Waals surface area contributed by atoms with Crippen molar-refractivity contribution >= 4 is 23.1 Å². The van der Waals surface area contributed by atoms with Gasteiger partial charge in [0, 0.05) is 25.3 Å². The molecule has 0 aliphatic carbocycles. The van der Waals surface area contributed by atoms with Gasteiger partial charge < -0.3 is 29.6 Å². The van der Waals surface area contributed by atoms with Crippen molar-refractivity contribution in [1.29, 1.82) is 0 Å². The van der Waals surface area contributed by atoms with Crippen LogP contribution in [0, 0.1) is 16.0 Å². The SMILES string of the molecule is O=[N+]([O-])c1cn(CCC(O)COc2ccc(N3CCC(Cc4ccc(OC(F)(F)F)cc4)CC3)cc2)c(Cl)n1. The Bertz CT molecular complexity index is 1230. The maximum Gasteiger partial charge on any atom is 0.573 e. The molecule has 0 bridgehead atoms. The molecule has 13 heteroatoms. The molecule has 1 atom stereocenters. The van der Waals surface area contributed by atoms with Gasteiger partial charge in [-0.2, -0.15) is 0 Å². The van der Waals surface area contributed by atoms with Gasteiger partial charge in [-0.25, -0.2) is 0 Å². The van der Waals surface area contributed by atoms with Gasteiger partial charge in [0.2, 0.25) is 0 Å². The lowest BCUT2D eigenvalue weighted by molar-refractivity contribution is -0.389. The minimum atomic E-state index is -4.69. The number of ether oxygens (including phenoxy) is 2. The van der Waals surface area contributed by atoms with E-state index < -0.39 is 17.4 Å². The number of aromatic nitrogens is 2. The Kier molecular flexibility index (Phi) is 9.18. The Balaban J connectivity index is 1.18. The predicted molar refractivity (Wildman–Crippen MR) is 138 cm³/mol. The molecule has 1 aliphatic heterocycles. The highest BCUT2D eigenvalue weighted by Crippen LogP contribution is 2.29. The third-order valence-electron chi connectivity index (χ3n) is 6.55. The number of anilines is 1. The summed E-state index contributed by atoms with van der Waals surface area (Å²) in [5, 5.41) is 21.0. The zero-order valence-electron chi connectivity index (χ0n) is 20.9. The molecule has 1 fully saturated rings. The largest absolute Gasteiger partial charge is 0.573 e. The number of piperidine rings is 1. The zero-order chi connectivity index (χ0) is 28.0. The summed E-state index contributed by atoms with van der Waals surface area (Å²) in [7, 11) is 0. The fourth-order valence-corrected chi connectivity index (χ4v) is 4.72. The summed E-state index contributed by atoms with van der Waals surface area (Å²) in [4.78, 5) is 16.1. The lowest BCUT2D eigenvalue weighted by atomic mass is 9.90. The van der Waals surface area contributed by atoms with E-state index in [-0.39, 0.29) is 36.4 Å². The van der Waals surface area contributed by atoms with Crippen molar-refractivity contribution in [2.45, 2.75) is 44.7 Å². The molecule has 39 heavy (non-hydrogen) atoms. The standard InChI is InChI=1S/C26H28ClF3N4O5/c27-25-31-24(34(36)37)16-33(25)14-11-21(35)17-38-22-7-3-20(4-8-22)32-12-9-19(10-13-32)15-18-1-5-23(6-2-18)39-26(28,29)30/h1-8,16,19,21,35H,9-15,17H2. The maximum atomic E-state index is 12.3. The van der Waals surface area contributed by atoms with Gasteiger partial charge in [0.15, 0.2) is 0 Å². The summed E-state index contributed by atoms with van der Waals surface area (Å²) >= 11 is 5.89. The van der Waals surface area contributed by atoms with Crippen LogP contribution in [0.15, 0.2) is 54.7 Å². The first-order valence-corrected chi connectivity index (χ1v) is 12.8. The van der Waals surface area contributed by atoms with Crippen LogP contribution >= 0.6 is 11.6 Å². The fraction of sp³-hybridized carbons (Fsp3) is 0.423. The van der Waals surface area contributed by atoms with Gasteiger partial charge in [0.05, 0.1) is 6.10 Å². The van der Waals surface area contributed by atoms with Crippen LogP contribution in [0.3, 0.4) is 0 Å². The minimum absolute atomic E-state index is 0.0111. The average molecular weight is 569 g/mol. The molecule has 0 radical (unpaired) electrons. The number of alkyl halides is 3. The van der Waals surface area contributed by atoms with E-state index >= 15 is 0 Å². The normalized spacial score (nSPS) is 15.3. The number of nitro groups is 1. The lowest BCUT2D eigenvalue weighted by Crippen LogP contribution is -2.34. The molecule has 2 heterocycles. The first-order valence-electron chi connectivity index (χ1n) is 12.4. The number of aryl methyl sites for hydroxylation is 1. The summed E-state index contributed by atoms with van der Waals surface area (Å²) in [5.41, 5.74) is 2.05. The van der Waals surface area contributed by atoms with Gasteiger partial charge >= 0.3 is 17.5 Å². The Hall–Kier alpha value is -3.51. The molecule has 1 aromatic heterocycles. The van der Waals surface area contributed by atoms with Crippen molar-refractivity contribution in [3.8, 4) is 11.5 Å². The van der Waals surface area contributed by atoms with Crippen LogP contribution in [-0.2, 0) is 13.0 Å². The van der Waals surface area contributed by atoms with Crippen molar-refractivity contribution in [3.05, 3.63) is 75.7 Å². The number of rotatable bonds is 11. The second-order valence-corrected chi connectivity index (χ2v) is 9.73. The highest BCUT2D eigenvalue weighted by Gasteiger charge is 2.31. The van der Waals surface area contributed by atoms with Gasteiger partial charge in [0.25, 0.3) is 0 Å². The summed E-state index contributed by atoms with van der Waals surface area (Å²) in [6, 6.07) is 13.7. The number of nitrogens with zero attached hydrogens (tertiary/aromatic N) is 4. The van der Waals surface area contributed by atoms with Crippen molar-refractivity contribution in [2.24, 2.45) is 5.92 Å². The number of imidazole rings is 1. The topological polar surface area (TPSA) is 103 Å². The molecular formula is C26H28ClF3N4O5. The molecule has 0 spiro atoms. The van der Waals surface area contributed by atoms with E-state index in [2.05, 4.69) is 14.6 Å². The van der Waals surface area contributed by atoms with Gasteiger partial charge in [-0.3, -0.25) is 4.57 Å². The van der Waals surface area contributed by atoms with Crippen molar-refractivity contribution < 1.29 is 32.7 Å². The predicted octanol–water partition coefficient (Wildman–Crippen LogP) is 5.63. The van der Waals surface area contributed by atoms with Crippen molar-refractivity contribution in [2.75, 3.05) is 24.6 Å². The smallest absolute Gasteiger partial charge is 0.491 e. The zero-order valence-corrected chi connectivity index (χ0v) is 21.6. The van der Waals surface area contributed by atoms with Crippen LogP contribution < -0.4 is 14.4 Å². The molecule has 1 aliphatic rings. The third kappa shape index (κ3) is 8.49. The van der Waals surface area contributed by atoms with Crippen molar-refractivity contribution in [1.82, 2.24) is 9.55 Å². The number of hydrogen-bond donors (Lipinski definition) is 1. The Morgan fingerprint density at radius 2 is 1.74 bits per heavy atom. The summed E-state index contributed by atoms with van der Waals surface area (Å²) < 4.78 is 48.0. The van der Waals surface area contributed by atoms with E-state index in [9.17, 15) is 28.4 Å². The third-order valence-corrected chi connectivity index (χ3v) is 6.85. The first-order chi connectivity index (χ1) is 18.6. The molecule has 0 saturated carbocycles. The first kappa shape index (κ1) is 28.5. The highest BCUT2D eigenvalue weighted by molar-refractivity contribution is 6.28. The van der Waals surface area contributed by atoms with Crippen molar-refractivity contribution in [3.63, 3.8) is 0 Å².